The van der Waals surface area contributed by atoms with Crippen molar-refractivity contribution in [3.8, 4) is 5.75 Å². The second kappa shape index (κ2) is 6.06. The van der Waals surface area contributed by atoms with Crippen molar-refractivity contribution in [3.63, 3.8) is 0 Å². The lowest BCUT2D eigenvalue weighted by molar-refractivity contribution is -0.125. The van der Waals surface area contributed by atoms with Gasteiger partial charge in [0, 0.05) is 13.1 Å². The number of nitrogens with zero attached hydrogens (tertiary/aromatic N) is 1. The molecule has 0 bridgehead atoms. The molecule has 1 aliphatic carbocycles. The van der Waals surface area contributed by atoms with Crippen LogP contribution in [0.5, 0.6) is 5.75 Å². The van der Waals surface area contributed by atoms with E-state index in [-0.39, 0.29) is 5.91 Å². The van der Waals surface area contributed by atoms with Crippen LogP contribution in [-0.2, 0) is 11.2 Å². The number of nitrogens with one attached hydrogen (secondary N) is 1. The van der Waals surface area contributed by atoms with E-state index in [1.54, 1.807) is 11.8 Å². The highest BCUT2D eigenvalue weighted by molar-refractivity contribution is 5.99. The Balaban J connectivity index is 1.63. The van der Waals surface area contributed by atoms with Gasteiger partial charge in [0.25, 0.3) is 5.91 Å². The lowest BCUT2D eigenvalue weighted by Gasteiger charge is -2.30. The molecule has 1 aromatic carbocycles. The number of carbonyl (C=O) groups is 1. The molecule has 1 saturated carbocycles. The summed E-state index contributed by atoms with van der Waals surface area (Å²) in [5, 5.41) is 3.63. The van der Waals surface area contributed by atoms with Gasteiger partial charge in [-0.2, -0.15) is 0 Å². The van der Waals surface area contributed by atoms with Gasteiger partial charge in [-0.25, -0.2) is 0 Å². The molecule has 0 saturated heterocycles. The highest BCUT2D eigenvalue weighted by Gasteiger charge is 2.28. The molecule has 1 aromatic rings. The minimum atomic E-state index is -0.391. The second-order valence-corrected chi connectivity index (χ2v) is 6.14. The zero-order valence-corrected chi connectivity index (χ0v) is 12.9. The third-order valence-corrected chi connectivity index (χ3v) is 4.57. The van der Waals surface area contributed by atoms with Crippen LogP contribution >= 0.6 is 0 Å². The molecule has 0 aromatic heterocycles. The third kappa shape index (κ3) is 3.05. The molecular formula is C17H24N2O2. The molecule has 3 rings (SSSR count). The van der Waals surface area contributed by atoms with Crippen molar-refractivity contribution in [2.24, 2.45) is 0 Å². The van der Waals surface area contributed by atoms with E-state index in [0.717, 1.165) is 24.4 Å². The summed E-state index contributed by atoms with van der Waals surface area (Å²) in [7, 11) is 1.82. The van der Waals surface area contributed by atoms with Crippen molar-refractivity contribution in [1.82, 2.24) is 5.32 Å². The molecular weight excluding hydrogens is 264 g/mol. The number of carbonyl (C=O) groups excluding carboxylic acids is 1. The monoisotopic (exact) mass is 288 g/mol. The molecule has 1 aliphatic heterocycles. The molecule has 1 atom stereocenters. The summed E-state index contributed by atoms with van der Waals surface area (Å²) < 4.78 is 5.65. The quantitative estimate of drug-likeness (QED) is 0.925. The largest absolute Gasteiger partial charge is 0.479 e. The van der Waals surface area contributed by atoms with E-state index in [1.165, 1.54) is 31.2 Å². The van der Waals surface area contributed by atoms with E-state index in [2.05, 4.69) is 17.4 Å². The Bertz CT molecular complexity index is 524. The Labute approximate surface area is 126 Å². The van der Waals surface area contributed by atoms with Gasteiger partial charge >= 0.3 is 0 Å². The first-order valence-electron chi connectivity index (χ1n) is 7.95. The molecule has 0 spiro atoms. The molecule has 4 heteroatoms. The molecule has 1 unspecified atom stereocenters. The second-order valence-electron chi connectivity index (χ2n) is 6.14. The maximum atomic E-state index is 12.0. The van der Waals surface area contributed by atoms with Crippen LogP contribution in [-0.4, -0.2) is 31.6 Å². The van der Waals surface area contributed by atoms with E-state index < -0.39 is 6.10 Å². The van der Waals surface area contributed by atoms with Crippen molar-refractivity contribution in [2.75, 3.05) is 18.5 Å². The van der Waals surface area contributed by atoms with Crippen molar-refractivity contribution >= 4 is 11.6 Å². The fourth-order valence-electron chi connectivity index (χ4n) is 3.26. The molecule has 1 amide bonds. The maximum absolute atomic E-state index is 12.0. The fraction of sp³-hybridized carbons (Fsp3) is 0.588. The van der Waals surface area contributed by atoms with Crippen LogP contribution in [0.4, 0.5) is 5.69 Å². The standard InChI is InChI=1S/C17H24N2O2/c1-12-17(20)19(2)15-11-13(7-8-16(15)21-12)9-10-18-14-5-3-4-6-14/h7-8,11-12,14,18H,3-6,9-10H2,1-2H3. The van der Waals surface area contributed by atoms with Crippen molar-refractivity contribution in [2.45, 2.75) is 51.2 Å². The number of likely N-dealkylation sites (N-methyl/N-ethyl adjacent to an activating group) is 1. The third-order valence-electron chi connectivity index (χ3n) is 4.57. The van der Waals surface area contributed by atoms with Gasteiger partial charge < -0.3 is 15.0 Å². The number of hydrogen-bond donors (Lipinski definition) is 1. The zero-order valence-electron chi connectivity index (χ0n) is 12.9. The van der Waals surface area contributed by atoms with Crippen LogP contribution in [0.1, 0.15) is 38.2 Å². The van der Waals surface area contributed by atoms with Crippen LogP contribution in [0.2, 0.25) is 0 Å². The Hall–Kier alpha value is -1.55. The topological polar surface area (TPSA) is 41.6 Å². The highest BCUT2D eigenvalue weighted by atomic mass is 16.5. The first-order chi connectivity index (χ1) is 10.1. The maximum Gasteiger partial charge on any atom is 0.267 e. The van der Waals surface area contributed by atoms with Crippen LogP contribution in [0.25, 0.3) is 0 Å². The molecule has 1 fully saturated rings. The Morgan fingerprint density at radius 1 is 1.33 bits per heavy atom. The smallest absolute Gasteiger partial charge is 0.267 e. The van der Waals surface area contributed by atoms with Gasteiger partial charge in [-0.3, -0.25) is 4.79 Å². The van der Waals surface area contributed by atoms with E-state index in [9.17, 15) is 4.79 Å². The van der Waals surface area contributed by atoms with Gasteiger partial charge in [0.2, 0.25) is 0 Å². The number of anilines is 1. The van der Waals surface area contributed by atoms with Gasteiger partial charge in [-0.05, 0) is 50.4 Å². The summed E-state index contributed by atoms with van der Waals surface area (Å²) in [4.78, 5) is 13.7. The number of ether oxygens (including phenoxy) is 1. The Morgan fingerprint density at radius 3 is 2.86 bits per heavy atom. The summed E-state index contributed by atoms with van der Waals surface area (Å²) in [6.07, 6.45) is 5.94. The number of hydrogen-bond acceptors (Lipinski definition) is 3. The van der Waals surface area contributed by atoms with Gasteiger partial charge in [-0.15, -0.1) is 0 Å². The van der Waals surface area contributed by atoms with Crippen molar-refractivity contribution in [3.05, 3.63) is 23.8 Å². The normalized spacial score (nSPS) is 22.3. The number of benzene rings is 1. The summed E-state index contributed by atoms with van der Waals surface area (Å²) in [5.74, 6) is 0.820. The summed E-state index contributed by atoms with van der Waals surface area (Å²) in [6, 6.07) is 6.87. The first kappa shape index (κ1) is 14.4. The number of fused-ring (bicyclic) bond motifs is 1. The minimum absolute atomic E-state index is 0.0173. The average Bonchev–Trinajstić information content (AvgIpc) is 2.99. The van der Waals surface area contributed by atoms with Gasteiger partial charge in [0.05, 0.1) is 5.69 Å². The van der Waals surface area contributed by atoms with E-state index in [4.69, 9.17) is 4.74 Å². The van der Waals surface area contributed by atoms with Crippen molar-refractivity contribution < 1.29 is 9.53 Å². The van der Waals surface area contributed by atoms with Crippen LogP contribution in [0.15, 0.2) is 18.2 Å². The first-order valence-corrected chi connectivity index (χ1v) is 7.95. The molecule has 1 heterocycles. The number of rotatable bonds is 4. The molecule has 1 N–H and O–H groups in total. The lowest BCUT2D eigenvalue weighted by atomic mass is 10.1. The number of amides is 1. The Morgan fingerprint density at radius 2 is 2.10 bits per heavy atom. The predicted molar refractivity (Wildman–Crippen MR) is 83.9 cm³/mol. The van der Waals surface area contributed by atoms with Crippen LogP contribution in [0, 0.1) is 0 Å². The predicted octanol–water partition coefficient (Wildman–Crippen LogP) is 2.51. The lowest BCUT2D eigenvalue weighted by Crippen LogP contribution is -2.42. The van der Waals surface area contributed by atoms with Gasteiger partial charge in [0.15, 0.2) is 6.10 Å². The van der Waals surface area contributed by atoms with Crippen LogP contribution < -0.4 is 15.0 Å². The SMILES string of the molecule is CC1Oc2ccc(CCNC3CCCC3)cc2N(C)C1=O. The molecule has 21 heavy (non-hydrogen) atoms. The highest BCUT2D eigenvalue weighted by Crippen LogP contribution is 2.34. The summed E-state index contributed by atoms with van der Waals surface area (Å²) >= 11 is 0. The summed E-state index contributed by atoms with van der Waals surface area (Å²) in [6.45, 7) is 2.79. The van der Waals surface area contributed by atoms with Gasteiger partial charge in [0.1, 0.15) is 5.75 Å². The van der Waals surface area contributed by atoms with Crippen LogP contribution in [0.3, 0.4) is 0 Å². The van der Waals surface area contributed by atoms with E-state index in [1.807, 2.05) is 13.1 Å². The fourth-order valence-corrected chi connectivity index (χ4v) is 3.26. The van der Waals surface area contributed by atoms with E-state index >= 15 is 0 Å². The zero-order chi connectivity index (χ0) is 14.8. The molecule has 0 radical (unpaired) electrons. The van der Waals surface area contributed by atoms with Crippen molar-refractivity contribution in [1.29, 1.82) is 0 Å². The summed E-state index contributed by atoms with van der Waals surface area (Å²) in [5.41, 5.74) is 2.13. The average molecular weight is 288 g/mol. The van der Waals surface area contributed by atoms with E-state index in [0.29, 0.717) is 6.04 Å². The minimum Gasteiger partial charge on any atom is -0.479 e. The molecule has 2 aliphatic rings. The molecule has 4 nitrogen and oxygen atoms in total. The Kier molecular flexibility index (Phi) is 4.15. The van der Waals surface area contributed by atoms with Gasteiger partial charge in [-0.1, -0.05) is 18.9 Å². The molecule has 114 valence electrons.